The molecule has 1 aliphatic heterocycles. The molecule has 128 valence electrons. The third-order valence-electron chi connectivity index (χ3n) is 4.76. The minimum atomic E-state index is -0.0544. The van der Waals surface area contributed by atoms with Gasteiger partial charge in [0, 0.05) is 31.3 Å². The molecular formula is C19H24N2O3. The lowest BCUT2D eigenvalue weighted by Crippen LogP contribution is -2.36. The second-order valence-corrected chi connectivity index (χ2v) is 6.37. The first-order valence-electron chi connectivity index (χ1n) is 8.66. The maximum Gasteiger partial charge on any atom is 0.250 e. The third kappa shape index (κ3) is 3.61. The lowest BCUT2D eigenvalue weighted by molar-refractivity contribution is -0.134. The zero-order chi connectivity index (χ0) is 16.9. The van der Waals surface area contributed by atoms with Gasteiger partial charge in [0.15, 0.2) is 0 Å². The van der Waals surface area contributed by atoms with Crippen molar-refractivity contribution in [1.82, 2.24) is 9.47 Å². The molecule has 1 amide bonds. The minimum absolute atomic E-state index is 0.0172. The number of rotatable bonds is 4. The van der Waals surface area contributed by atoms with Crippen LogP contribution in [-0.4, -0.2) is 21.9 Å². The van der Waals surface area contributed by atoms with Crippen LogP contribution in [0.3, 0.4) is 0 Å². The molecule has 2 aromatic heterocycles. The fourth-order valence-corrected chi connectivity index (χ4v) is 3.44. The van der Waals surface area contributed by atoms with Gasteiger partial charge in [-0.1, -0.05) is 18.9 Å². The average Bonchev–Trinajstić information content (AvgIpc) is 2.98. The molecular weight excluding hydrogens is 304 g/mol. The largest absolute Gasteiger partial charge is 0.467 e. The molecule has 0 saturated carbocycles. The summed E-state index contributed by atoms with van der Waals surface area (Å²) in [7, 11) is 0. The molecule has 0 bridgehead atoms. The van der Waals surface area contributed by atoms with E-state index in [0.717, 1.165) is 43.7 Å². The maximum absolute atomic E-state index is 12.8. The number of aromatic nitrogens is 1. The second kappa shape index (κ2) is 7.51. The molecule has 0 spiro atoms. The van der Waals surface area contributed by atoms with Gasteiger partial charge in [-0.05, 0) is 38.0 Å². The van der Waals surface area contributed by atoms with Crippen molar-refractivity contribution in [2.45, 2.75) is 51.6 Å². The van der Waals surface area contributed by atoms with E-state index < -0.39 is 0 Å². The molecule has 3 rings (SSSR count). The lowest BCUT2D eigenvalue weighted by Gasteiger charge is -2.29. The Bertz CT molecular complexity index is 733. The number of amides is 1. The van der Waals surface area contributed by atoms with Gasteiger partial charge in [0.1, 0.15) is 5.76 Å². The van der Waals surface area contributed by atoms with Gasteiger partial charge in [-0.25, -0.2) is 0 Å². The summed E-state index contributed by atoms with van der Waals surface area (Å²) >= 11 is 0. The quantitative estimate of drug-likeness (QED) is 0.865. The topological polar surface area (TPSA) is 55.5 Å². The first-order valence-corrected chi connectivity index (χ1v) is 8.66. The number of pyridine rings is 1. The van der Waals surface area contributed by atoms with E-state index in [-0.39, 0.29) is 17.5 Å². The first-order chi connectivity index (χ1) is 11.7. The zero-order valence-electron chi connectivity index (χ0n) is 14.1. The van der Waals surface area contributed by atoms with Crippen molar-refractivity contribution in [1.29, 1.82) is 0 Å². The summed E-state index contributed by atoms with van der Waals surface area (Å²) in [5.41, 5.74) is 0.829. The van der Waals surface area contributed by atoms with Crippen molar-refractivity contribution in [2.75, 3.05) is 6.54 Å². The van der Waals surface area contributed by atoms with Crippen LogP contribution in [0.2, 0.25) is 0 Å². The van der Waals surface area contributed by atoms with Crippen LogP contribution in [0.15, 0.2) is 45.8 Å². The summed E-state index contributed by atoms with van der Waals surface area (Å²) < 4.78 is 7.23. The summed E-state index contributed by atoms with van der Waals surface area (Å²) in [6.45, 7) is 3.07. The Labute approximate surface area is 141 Å². The molecule has 3 heterocycles. The number of nitrogens with zero attached hydrogens (tertiary/aromatic N) is 2. The summed E-state index contributed by atoms with van der Waals surface area (Å²) in [5.74, 6) is 0.951. The molecule has 1 aliphatic rings. The number of carbonyl (C=O) groups is 1. The molecule has 5 nitrogen and oxygen atoms in total. The SMILES string of the molecule is Cc1cccc(=O)n1CCC(=O)N1CCCCCC1c1ccco1. The summed E-state index contributed by atoms with van der Waals surface area (Å²) in [5, 5.41) is 0. The van der Waals surface area contributed by atoms with Gasteiger partial charge in [0.25, 0.3) is 5.56 Å². The van der Waals surface area contributed by atoms with Crippen LogP contribution < -0.4 is 5.56 Å². The molecule has 5 heteroatoms. The molecule has 1 unspecified atom stereocenters. The fraction of sp³-hybridized carbons (Fsp3) is 0.474. The number of hydrogen-bond donors (Lipinski definition) is 0. The Hall–Kier alpha value is -2.30. The highest BCUT2D eigenvalue weighted by molar-refractivity contribution is 5.76. The van der Waals surface area contributed by atoms with Gasteiger partial charge >= 0.3 is 0 Å². The monoisotopic (exact) mass is 328 g/mol. The first kappa shape index (κ1) is 16.6. The van der Waals surface area contributed by atoms with E-state index in [1.54, 1.807) is 16.9 Å². The van der Waals surface area contributed by atoms with Crippen LogP contribution in [0, 0.1) is 6.92 Å². The lowest BCUT2D eigenvalue weighted by atomic mass is 10.1. The van der Waals surface area contributed by atoms with Gasteiger partial charge in [0.2, 0.25) is 5.91 Å². The second-order valence-electron chi connectivity index (χ2n) is 6.37. The molecule has 0 aromatic carbocycles. The molecule has 0 aliphatic carbocycles. The van der Waals surface area contributed by atoms with Crippen LogP contribution >= 0.6 is 0 Å². The Kier molecular flexibility index (Phi) is 5.18. The molecule has 1 fully saturated rings. The summed E-state index contributed by atoms with van der Waals surface area (Å²) in [4.78, 5) is 26.7. The standard InChI is InChI=1S/C19H24N2O3/c1-15-7-5-10-18(22)20(15)13-11-19(23)21-12-4-2-3-8-16(21)17-9-6-14-24-17/h5-7,9-10,14,16H,2-4,8,11-13H2,1H3. The fourth-order valence-electron chi connectivity index (χ4n) is 3.44. The smallest absolute Gasteiger partial charge is 0.250 e. The van der Waals surface area contributed by atoms with E-state index in [1.807, 2.05) is 30.0 Å². The van der Waals surface area contributed by atoms with Crippen molar-refractivity contribution in [3.63, 3.8) is 0 Å². The van der Waals surface area contributed by atoms with Crippen LogP contribution in [0.1, 0.15) is 49.6 Å². The number of furan rings is 1. The highest BCUT2D eigenvalue weighted by Crippen LogP contribution is 2.30. The van der Waals surface area contributed by atoms with Crippen LogP contribution in [0.4, 0.5) is 0 Å². The van der Waals surface area contributed by atoms with E-state index >= 15 is 0 Å². The molecule has 0 radical (unpaired) electrons. The zero-order valence-corrected chi connectivity index (χ0v) is 14.1. The van der Waals surface area contributed by atoms with Gasteiger partial charge in [-0.2, -0.15) is 0 Å². The highest BCUT2D eigenvalue weighted by atomic mass is 16.3. The normalized spacial score (nSPS) is 18.4. The molecule has 24 heavy (non-hydrogen) atoms. The Morgan fingerprint density at radius 2 is 2.08 bits per heavy atom. The number of aryl methyl sites for hydroxylation is 1. The Morgan fingerprint density at radius 3 is 2.83 bits per heavy atom. The number of likely N-dealkylation sites (tertiary alicyclic amines) is 1. The van der Waals surface area contributed by atoms with E-state index in [9.17, 15) is 9.59 Å². The predicted molar refractivity (Wildman–Crippen MR) is 91.7 cm³/mol. The number of hydrogen-bond acceptors (Lipinski definition) is 3. The third-order valence-corrected chi connectivity index (χ3v) is 4.76. The van der Waals surface area contributed by atoms with Crippen molar-refractivity contribution in [2.24, 2.45) is 0 Å². The van der Waals surface area contributed by atoms with Crippen LogP contribution in [-0.2, 0) is 11.3 Å². The highest BCUT2D eigenvalue weighted by Gasteiger charge is 2.28. The van der Waals surface area contributed by atoms with E-state index in [4.69, 9.17) is 4.42 Å². The van der Waals surface area contributed by atoms with Crippen molar-refractivity contribution in [3.05, 3.63) is 58.4 Å². The van der Waals surface area contributed by atoms with Gasteiger partial charge in [-0.3, -0.25) is 9.59 Å². The molecule has 1 atom stereocenters. The van der Waals surface area contributed by atoms with Gasteiger partial charge in [0.05, 0.1) is 12.3 Å². The van der Waals surface area contributed by atoms with Crippen LogP contribution in [0.5, 0.6) is 0 Å². The van der Waals surface area contributed by atoms with Crippen LogP contribution in [0.25, 0.3) is 0 Å². The average molecular weight is 328 g/mol. The van der Waals surface area contributed by atoms with Crippen molar-refractivity contribution >= 4 is 5.91 Å². The van der Waals surface area contributed by atoms with Gasteiger partial charge in [-0.15, -0.1) is 0 Å². The maximum atomic E-state index is 12.8. The Morgan fingerprint density at radius 1 is 1.21 bits per heavy atom. The molecule has 2 aromatic rings. The van der Waals surface area contributed by atoms with E-state index in [1.165, 1.54) is 6.07 Å². The molecule has 1 saturated heterocycles. The summed E-state index contributed by atoms with van der Waals surface area (Å²) in [6, 6.07) is 9.01. The van der Waals surface area contributed by atoms with Crippen molar-refractivity contribution in [3.8, 4) is 0 Å². The number of carbonyl (C=O) groups excluding carboxylic acids is 1. The molecule has 0 N–H and O–H groups in total. The summed E-state index contributed by atoms with van der Waals surface area (Å²) in [6.07, 6.45) is 6.19. The van der Waals surface area contributed by atoms with Gasteiger partial charge < -0.3 is 13.9 Å². The van der Waals surface area contributed by atoms with Crippen molar-refractivity contribution < 1.29 is 9.21 Å². The Balaban J connectivity index is 1.73. The van der Waals surface area contributed by atoms with E-state index in [0.29, 0.717) is 13.0 Å². The minimum Gasteiger partial charge on any atom is -0.467 e. The van der Waals surface area contributed by atoms with E-state index in [2.05, 4.69) is 0 Å². The predicted octanol–water partition coefficient (Wildman–Crippen LogP) is 3.28.